The number of carbonyl (C=O) groups is 2. The van der Waals surface area contributed by atoms with E-state index in [0.29, 0.717) is 30.2 Å². The number of piperidine rings is 1. The zero-order valence-corrected chi connectivity index (χ0v) is 16.7. The number of nitrogens with one attached hydrogen (secondary N) is 2. The van der Waals surface area contributed by atoms with E-state index >= 15 is 0 Å². The van der Waals surface area contributed by atoms with Crippen molar-refractivity contribution in [2.75, 3.05) is 19.9 Å². The van der Waals surface area contributed by atoms with Gasteiger partial charge in [0.25, 0.3) is 0 Å². The van der Waals surface area contributed by atoms with Gasteiger partial charge in [0.1, 0.15) is 6.04 Å². The van der Waals surface area contributed by atoms with Crippen LogP contribution in [0, 0.1) is 5.92 Å². The minimum atomic E-state index is -0.263. The summed E-state index contributed by atoms with van der Waals surface area (Å²) in [5, 5.41) is 2.04. The highest BCUT2D eigenvalue weighted by Crippen LogP contribution is 2.34. The molecular formula is C21H23N3O4S. The zero-order valence-electron chi connectivity index (χ0n) is 15.9. The molecule has 0 bridgehead atoms. The van der Waals surface area contributed by atoms with Crippen molar-refractivity contribution in [2.45, 2.75) is 31.3 Å². The maximum atomic E-state index is 13.1. The van der Waals surface area contributed by atoms with Crippen LogP contribution in [0.25, 0.3) is 0 Å². The summed E-state index contributed by atoms with van der Waals surface area (Å²) < 4.78 is 10.7. The predicted octanol–water partition coefficient (Wildman–Crippen LogP) is 2.51. The maximum absolute atomic E-state index is 13.1. The number of fused-ring (bicyclic) bond motifs is 1. The monoisotopic (exact) mass is 413 g/mol. The van der Waals surface area contributed by atoms with E-state index in [1.165, 1.54) is 4.88 Å². The van der Waals surface area contributed by atoms with Gasteiger partial charge in [0.15, 0.2) is 17.3 Å². The molecule has 3 aliphatic rings. The van der Waals surface area contributed by atoms with Crippen LogP contribution in [0.1, 0.15) is 40.5 Å². The predicted molar refractivity (Wildman–Crippen MR) is 108 cm³/mol. The topological polar surface area (TPSA) is 79.9 Å². The van der Waals surface area contributed by atoms with Crippen molar-refractivity contribution in [3.8, 4) is 11.5 Å². The molecule has 2 saturated heterocycles. The molecule has 1 amide bonds. The minimum absolute atomic E-state index is 0.0646. The number of carbonyl (C=O) groups excluding carboxylic acids is 2. The highest BCUT2D eigenvalue weighted by molar-refractivity contribution is 7.10. The first-order chi connectivity index (χ1) is 14.2. The Bertz CT molecular complexity index is 917. The number of ether oxygens (including phenoxy) is 2. The molecule has 0 aliphatic carbocycles. The molecule has 8 heteroatoms. The van der Waals surface area contributed by atoms with Gasteiger partial charge in [-0.3, -0.25) is 9.59 Å². The zero-order chi connectivity index (χ0) is 19.8. The number of hydrogen-bond donors (Lipinski definition) is 2. The van der Waals surface area contributed by atoms with Crippen molar-refractivity contribution in [2.24, 2.45) is 5.92 Å². The Morgan fingerprint density at radius 3 is 2.90 bits per heavy atom. The largest absolute Gasteiger partial charge is 0.454 e. The highest BCUT2D eigenvalue weighted by atomic mass is 32.1. The number of rotatable bonds is 4. The van der Waals surface area contributed by atoms with Crippen molar-refractivity contribution in [1.82, 2.24) is 15.8 Å². The summed E-state index contributed by atoms with van der Waals surface area (Å²) >= 11 is 1.69. The SMILES string of the molecule is O=C(c1ccc2c(c1)OCO2)[C@H]1CCCN(C(=O)C2CC(c3cccs3)NN2)C1. The van der Waals surface area contributed by atoms with E-state index in [0.717, 1.165) is 19.3 Å². The third-order valence-corrected chi connectivity index (χ3v) is 6.83. The van der Waals surface area contributed by atoms with Crippen LogP contribution in [0.15, 0.2) is 35.7 Å². The molecule has 3 aliphatic heterocycles. The summed E-state index contributed by atoms with van der Waals surface area (Å²) in [7, 11) is 0. The highest BCUT2D eigenvalue weighted by Gasteiger charge is 2.36. The van der Waals surface area contributed by atoms with E-state index in [4.69, 9.17) is 9.47 Å². The van der Waals surface area contributed by atoms with Crippen LogP contribution in [0.3, 0.4) is 0 Å². The Hall–Kier alpha value is -2.42. The summed E-state index contributed by atoms with van der Waals surface area (Å²) in [5.41, 5.74) is 7.00. The summed E-state index contributed by atoms with van der Waals surface area (Å²) in [5.74, 6) is 1.23. The molecule has 2 fully saturated rings. The number of thiophene rings is 1. The number of Topliss-reactive ketones (excluding diaryl/α,β-unsaturated/α-hetero) is 1. The lowest BCUT2D eigenvalue weighted by molar-refractivity contribution is -0.134. The molecule has 5 rings (SSSR count). The number of hydrogen-bond acceptors (Lipinski definition) is 7. The first-order valence-electron chi connectivity index (χ1n) is 9.96. The van der Waals surface area contributed by atoms with Crippen LogP contribution in [0.2, 0.25) is 0 Å². The van der Waals surface area contributed by atoms with Gasteiger partial charge in [0.2, 0.25) is 12.7 Å². The Kier molecular flexibility index (Phi) is 4.99. The van der Waals surface area contributed by atoms with E-state index in [1.54, 1.807) is 29.5 Å². The average Bonchev–Trinajstić information content (AvgIpc) is 3.53. The fourth-order valence-electron chi connectivity index (χ4n) is 4.29. The fourth-order valence-corrected chi connectivity index (χ4v) is 5.08. The summed E-state index contributed by atoms with van der Waals surface area (Å²) in [6.45, 7) is 1.35. The summed E-state index contributed by atoms with van der Waals surface area (Å²) in [6, 6.07) is 9.30. The number of benzene rings is 1. The second kappa shape index (κ2) is 7.78. The van der Waals surface area contributed by atoms with Gasteiger partial charge in [-0.1, -0.05) is 6.07 Å². The average molecular weight is 413 g/mol. The van der Waals surface area contributed by atoms with Crippen molar-refractivity contribution in [3.05, 3.63) is 46.2 Å². The first-order valence-corrected chi connectivity index (χ1v) is 10.8. The summed E-state index contributed by atoms with van der Waals surface area (Å²) in [6.07, 6.45) is 2.35. The first kappa shape index (κ1) is 18.6. The van der Waals surface area contributed by atoms with Crippen LogP contribution < -0.4 is 20.3 Å². The lowest BCUT2D eigenvalue weighted by Crippen LogP contribution is -2.50. The van der Waals surface area contributed by atoms with Crippen LogP contribution in [-0.4, -0.2) is 42.5 Å². The number of hydrazine groups is 1. The number of likely N-dealkylation sites (tertiary alicyclic amines) is 1. The van der Waals surface area contributed by atoms with E-state index in [-0.39, 0.29) is 36.5 Å². The lowest BCUT2D eigenvalue weighted by atomic mass is 9.89. The molecule has 1 aromatic heterocycles. The second-order valence-electron chi connectivity index (χ2n) is 7.70. The van der Waals surface area contributed by atoms with Crippen LogP contribution in [0.5, 0.6) is 11.5 Å². The van der Waals surface area contributed by atoms with Gasteiger partial charge in [-0.2, -0.15) is 0 Å². The van der Waals surface area contributed by atoms with Crippen molar-refractivity contribution in [3.63, 3.8) is 0 Å². The van der Waals surface area contributed by atoms with Gasteiger partial charge in [-0.25, -0.2) is 10.9 Å². The number of nitrogens with zero attached hydrogens (tertiary/aromatic N) is 1. The van der Waals surface area contributed by atoms with Gasteiger partial charge in [-0.05, 0) is 48.9 Å². The molecule has 4 heterocycles. The Balaban J connectivity index is 1.23. The van der Waals surface area contributed by atoms with Gasteiger partial charge >= 0.3 is 0 Å². The molecular weight excluding hydrogens is 390 g/mol. The molecule has 2 aromatic rings. The minimum Gasteiger partial charge on any atom is -0.454 e. The molecule has 2 unspecified atom stereocenters. The van der Waals surface area contributed by atoms with E-state index in [2.05, 4.69) is 16.9 Å². The van der Waals surface area contributed by atoms with E-state index in [9.17, 15) is 9.59 Å². The van der Waals surface area contributed by atoms with Crippen LogP contribution >= 0.6 is 11.3 Å². The maximum Gasteiger partial charge on any atom is 0.241 e. The molecule has 0 spiro atoms. The van der Waals surface area contributed by atoms with E-state index in [1.807, 2.05) is 16.3 Å². The van der Waals surface area contributed by atoms with Gasteiger partial charge in [0.05, 0.1) is 6.04 Å². The molecule has 3 atom stereocenters. The number of ketones is 1. The van der Waals surface area contributed by atoms with Crippen molar-refractivity contribution in [1.29, 1.82) is 0 Å². The molecule has 0 saturated carbocycles. The molecule has 7 nitrogen and oxygen atoms in total. The summed E-state index contributed by atoms with van der Waals surface area (Å²) in [4.78, 5) is 29.2. The standard InChI is InChI=1S/C21H23N3O4S/c25-20(13-5-6-17-18(9-13)28-12-27-17)14-3-1-7-24(11-14)21(26)16-10-15(22-23-16)19-4-2-8-29-19/h2,4-6,8-9,14-16,22-23H,1,3,7,10-12H2/t14-,15?,16?/m0/s1. The number of amides is 1. The third-order valence-electron chi connectivity index (χ3n) is 5.85. The molecule has 1 aromatic carbocycles. The Morgan fingerprint density at radius 2 is 2.03 bits per heavy atom. The van der Waals surface area contributed by atoms with E-state index < -0.39 is 0 Å². The molecule has 2 N–H and O–H groups in total. The lowest BCUT2D eigenvalue weighted by Gasteiger charge is -2.33. The van der Waals surface area contributed by atoms with Crippen molar-refractivity contribution < 1.29 is 19.1 Å². The fraction of sp³-hybridized carbons (Fsp3) is 0.429. The van der Waals surface area contributed by atoms with Gasteiger partial charge in [0, 0.05) is 29.4 Å². The Labute approximate surface area is 173 Å². The second-order valence-corrected chi connectivity index (χ2v) is 8.68. The van der Waals surface area contributed by atoms with Crippen LogP contribution in [0.4, 0.5) is 0 Å². The normalized spacial score (nSPS) is 25.9. The molecule has 152 valence electrons. The molecule has 29 heavy (non-hydrogen) atoms. The van der Waals surface area contributed by atoms with Gasteiger partial charge in [-0.15, -0.1) is 11.3 Å². The van der Waals surface area contributed by atoms with Crippen molar-refractivity contribution >= 4 is 23.0 Å². The van der Waals surface area contributed by atoms with Crippen LogP contribution in [-0.2, 0) is 4.79 Å². The van der Waals surface area contributed by atoms with Gasteiger partial charge < -0.3 is 14.4 Å². The third kappa shape index (κ3) is 3.63. The Morgan fingerprint density at radius 1 is 1.14 bits per heavy atom. The quantitative estimate of drug-likeness (QED) is 0.750. The smallest absolute Gasteiger partial charge is 0.241 e. The molecule has 0 radical (unpaired) electrons.